The molecule has 0 amide bonds. The van der Waals surface area contributed by atoms with E-state index < -0.39 is 10.0 Å². The first-order chi connectivity index (χ1) is 10.4. The Morgan fingerprint density at radius 3 is 2.77 bits per heavy atom. The summed E-state index contributed by atoms with van der Waals surface area (Å²) in [5.74, 6) is 0.335. The fourth-order valence-electron chi connectivity index (χ4n) is 2.12. The van der Waals surface area contributed by atoms with Crippen molar-refractivity contribution in [1.29, 1.82) is 0 Å². The van der Waals surface area contributed by atoms with Crippen LogP contribution < -0.4 is 4.72 Å². The Hall–Kier alpha value is -1.93. The SMILES string of the molecule is Cc1ccc2c(S(=O)(=O)Nc3nsc(C(C)C)n3)c[nH]c2c1. The second-order valence-electron chi connectivity index (χ2n) is 5.42. The molecule has 0 unspecified atom stereocenters. The van der Waals surface area contributed by atoms with Crippen LogP contribution in [0.1, 0.15) is 30.3 Å². The van der Waals surface area contributed by atoms with Crippen molar-refractivity contribution < 1.29 is 8.42 Å². The van der Waals surface area contributed by atoms with Gasteiger partial charge in [-0.1, -0.05) is 26.0 Å². The molecule has 0 saturated heterocycles. The molecule has 2 heterocycles. The molecule has 2 aromatic heterocycles. The Bertz CT molecular complexity index is 925. The maximum absolute atomic E-state index is 12.5. The summed E-state index contributed by atoms with van der Waals surface area (Å²) in [4.78, 5) is 7.39. The average molecular weight is 336 g/mol. The third-order valence-electron chi connectivity index (χ3n) is 3.25. The van der Waals surface area contributed by atoms with Crippen molar-refractivity contribution in [3.63, 3.8) is 0 Å². The second-order valence-corrected chi connectivity index (χ2v) is 7.85. The van der Waals surface area contributed by atoms with Gasteiger partial charge in [-0.2, -0.15) is 4.37 Å². The van der Waals surface area contributed by atoms with E-state index in [9.17, 15) is 8.42 Å². The molecule has 0 spiro atoms. The molecule has 2 N–H and O–H groups in total. The van der Waals surface area contributed by atoms with Gasteiger partial charge in [0.1, 0.15) is 9.90 Å². The summed E-state index contributed by atoms with van der Waals surface area (Å²) in [5.41, 5.74) is 1.85. The lowest BCUT2D eigenvalue weighted by Gasteiger charge is -2.03. The molecule has 0 aliphatic heterocycles. The summed E-state index contributed by atoms with van der Waals surface area (Å²) in [5, 5.41) is 1.45. The first kappa shape index (κ1) is 15.0. The Balaban J connectivity index is 1.97. The van der Waals surface area contributed by atoms with Gasteiger partial charge in [0.15, 0.2) is 0 Å². The number of aromatic amines is 1. The number of sulfonamides is 1. The van der Waals surface area contributed by atoms with Crippen molar-refractivity contribution in [1.82, 2.24) is 14.3 Å². The van der Waals surface area contributed by atoms with E-state index in [4.69, 9.17) is 0 Å². The predicted octanol–water partition coefficient (Wildman–Crippen LogP) is 3.25. The van der Waals surface area contributed by atoms with Gasteiger partial charge in [-0.15, -0.1) is 0 Å². The average Bonchev–Trinajstić information content (AvgIpc) is 3.04. The Labute approximate surface area is 132 Å². The van der Waals surface area contributed by atoms with Crippen LogP contribution in [-0.4, -0.2) is 22.8 Å². The zero-order chi connectivity index (χ0) is 15.9. The van der Waals surface area contributed by atoms with E-state index in [2.05, 4.69) is 19.1 Å². The lowest BCUT2D eigenvalue weighted by atomic mass is 10.2. The molecule has 3 rings (SSSR count). The number of nitrogens with zero attached hydrogens (tertiary/aromatic N) is 2. The lowest BCUT2D eigenvalue weighted by molar-refractivity contribution is 0.601. The van der Waals surface area contributed by atoms with E-state index in [0.717, 1.165) is 16.1 Å². The standard InChI is InChI=1S/C14H16N4O2S2/c1-8(2)13-16-14(17-21-13)18-22(19,20)12-7-15-11-6-9(3)4-5-10(11)12/h4-8,15H,1-3H3,(H,17,18). The third kappa shape index (κ3) is 2.71. The number of hydrogen-bond donors (Lipinski definition) is 2. The zero-order valence-corrected chi connectivity index (χ0v) is 14.0. The van der Waals surface area contributed by atoms with E-state index in [-0.39, 0.29) is 16.8 Å². The van der Waals surface area contributed by atoms with Gasteiger partial charge in [-0.25, -0.2) is 18.1 Å². The number of benzene rings is 1. The third-order valence-corrected chi connectivity index (χ3v) is 5.63. The van der Waals surface area contributed by atoms with Crippen LogP contribution in [0, 0.1) is 6.92 Å². The van der Waals surface area contributed by atoms with Gasteiger partial charge in [-0.05, 0) is 30.1 Å². The van der Waals surface area contributed by atoms with Gasteiger partial charge in [0.25, 0.3) is 10.0 Å². The summed E-state index contributed by atoms with van der Waals surface area (Å²) in [6.45, 7) is 5.93. The Morgan fingerprint density at radius 2 is 2.09 bits per heavy atom. The number of hydrogen-bond acceptors (Lipinski definition) is 5. The van der Waals surface area contributed by atoms with Crippen molar-refractivity contribution in [3.05, 3.63) is 35.0 Å². The highest BCUT2D eigenvalue weighted by atomic mass is 32.2. The summed E-state index contributed by atoms with van der Waals surface area (Å²) in [7, 11) is -3.72. The first-order valence-corrected chi connectivity index (χ1v) is 9.06. The van der Waals surface area contributed by atoms with Crippen LogP contribution >= 0.6 is 11.5 Å². The van der Waals surface area contributed by atoms with Gasteiger partial charge in [-0.3, -0.25) is 0 Å². The van der Waals surface area contributed by atoms with Crippen LogP contribution in [-0.2, 0) is 10.0 Å². The molecular weight excluding hydrogens is 320 g/mol. The molecule has 6 nitrogen and oxygen atoms in total. The fourth-order valence-corrected chi connectivity index (χ4v) is 3.91. The molecule has 22 heavy (non-hydrogen) atoms. The second kappa shape index (κ2) is 5.36. The normalized spacial score (nSPS) is 12.2. The van der Waals surface area contributed by atoms with Crippen molar-refractivity contribution in [3.8, 4) is 0 Å². The fraction of sp³-hybridized carbons (Fsp3) is 0.286. The maximum atomic E-state index is 12.5. The number of aryl methyl sites for hydroxylation is 1. The highest BCUT2D eigenvalue weighted by molar-refractivity contribution is 7.93. The van der Waals surface area contributed by atoms with Crippen LogP contribution in [0.3, 0.4) is 0 Å². The molecule has 0 atom stereocenters. The number of rotatable bonds is 4. The molecule has 8 heteroatoms. The van der Waals surface area contributed by atoms with Crippen molar-refractivity contribution in [2.45, 2.75) is 31.6 Å². The topological polar surface area (TPSA) is 87.7 Å². The minimum atomic E-state index is -3.72. The zero-order valence-electron chi connectivity index (χ0n) is 12.4. The molecule has 1 aromatic carbocycles. The van der Waals surface area contributed by atoms with Crippen LogP contribution in [0.25, 0.3) is 10.9 Å². The number of fused-ring (bicyclic) bond motifs is 1. The number of H-pyrrole nitrogens is 1. The van der Waals surface area contributed by atoms with Crippen molar-refractivity contribution in [2.75, 3.05) is 4.72 Å². The van der Waals surface area contributed by atoms with Gasteiger partial charge in [0.05, 0.1) is 0 Å². The van der Waals surface area contributed by atoms with Crippen LogP contribution in [0.15, 0.2) is 29.3 Å². The van der Waals surface area contributed by atoms with E-state index >= 15 is 0 Å². The van der Waals surface area contributed by atoms with E-state index in [0.29, 0.717) is 5.39 Å². The van der Waals surface area contributed by atoms with Crippen molar-refractivity contribution in [2.24, 2.45) is 0 Å². The molecule has 0 aliphatic rings. The summed E-state index contributed by atoms with van der Waals surface area (Å²) in [6, 6.07) is 5.59. The largest absolute Gasteiger partial charge is 0.360 e. The van der Waals surface area contributed by atoms with E-state index in [1.54, 1.807) is 6.07 Å². The van der Waals surface area contributed by atoms with Gasteiger partial charge in [0, 0.05) is 23.0 Å². The van der Waals surface area contributed by atoms with Gasteiger partial charge >= 0.3 is 0 Å². The van der Waals surface area contributed by atoms with Crippen molar-refractivity contribution >= 4 is 38.4 Å². The number of anilines is 1. The van der Waals surface area contributed by atoms with Crippen LogP contribution in [0.5, 0.6) is 0 Å². The van der Waals surface area contributed by atoms with Gasteiger partial charge in [0.2, 0.25) is 5.95 Å². The predicted molar refractivity (Wildman–Crippen MR) is 87.8 cm³/mol. The first-order valence-electron chi connectivity index (χ1n) is 6.81. The summed E-state index contributed by atoms with van der Waals surface area (Å²) in [6.07, 6.45) is 1.49. The number of nitrogens with one attached hydrogen (secondary N) is 2. The molecule has 3 aromatic rings. The highest BCUT2D eigenvalue weighted by Crippen LogP contribution is 2.26. The molecule has 0 saturated carbocycles. The minimum Gasteiger partial charge on any atom is -0.360 e. The Kier molecular flexibility index (Phi) is 3.65. The molecule has 0 aliphatic carbocycles. The van der Waals surface area contributed by atoms with Gasteiger partial charge < -0.3 is 4.98 Å². The lowest BCUT2D eigenvalue weighted by Crippen LogP contribution is -2.13. The molecule has 116 valence electrons. The maximum Gasteiger partial charge on any atom is 0.266 e. The molecule has 0 bridgehead atoms. The highest BCUT2D eigenvalue weighted by Gasteiger charge is 2.21. The molecule has 0 radical (unpaired) electrons. The Morgan fingerprint density at radius 1 is 1.32 bits per heavy atom. The quantitative estimate of drug-likeness (QED) is 0.765. The van der Waals surface area contributed by atoms with E-state index in [1.165, 1.54) is 17.7 Å². The smallest absolute Gasteiger partial charge is 0.266 e. The number of aromatic nitrogens is 3. The van der Waals surface area contributed by atoms with Crippen LogP contribution in [0.4, 0.5) is 5.95 Å². The van der Waals surface area contributed by atoms with Crippen LogP contribution in [0.2, 0.25) is 0 Å². The minimum absolute atomic E-state index is 0.121. The molecular formula is C14H16N4O2S2. The summed E-state index contributed by atoms with van der Waals surface area (Å²) < 4.78 is 31.6. The summed E-state index contributed by atoms with van der Waals surface area (Å²) >= 11 is 1.21. The monoisotopic (exact) mass is 336 g/mol. The van der Waals surface area contributed by atoms with E-state index in [1.807, 2.05) is 32.9 Å². The molecule has 0 fully saturated rings.